The van der Waals surface area contributed by atoms with Gasteiger partial charge in [-0.1, -0.05) is 45.3 Å². The Bertz CT molecular complexity index is 367. The molecule has 114 valence electrons. The van der Waals surface area contributed by atoms with E-state index in [1.165, 1.54) is 7.11 Å². The predicted octanol–water partition coefficient (Wildman–Crippen LogP) is 3.57. The number of rotatable bonds is 9. The van der Waals surface area contributed by atoms with Gasteiger partial charge >= 0.3 is 11.9 Å². The Kier molecular flexibility index (Phi) is 10.4. The highest BCUT2D eigenvalue weighted by Gasteiger charge is 2.08. The number of unbranched alkanes of at least 4 members (excludes halogenated alkanes) is 3. The van der Waals surface area contributed by atoms with Crippen LogP contribution in [0.5, 0.6) is 0 Å². The summed E-state index contributed by atoms with van der Waals surface area (Å²) in [6.07, 6.45) is 8.08. The topological polar surface area (TPSA) is 52.6 Å². The van der Waals surface area contributed by atoms with Gasteiger partial charge in [-0.25, -0.2) is 9.59 Å². The van der Waals surface area contributed by atoms with Crippen molar-refractivity contribution in [3.05, 3.63) is 23.3 Å². The third-order valence-corrected chi connectivity index (χ3v) is 2.92. The molecule has 0 unspecified atom stereocenters. The molecule has 0 atom stereocenters. The Morgan fingerprint density at radius 1 is 1.00 bits per heavy atom. The standard InChI is InChI=1S/C16H26O4/c1-5-7-8-9-12-20-16(18)14(6-2)11-10-13(3)15(17)19-4/h10-11H,5-9,12H2,1-4H3/b13-10+,14-11+. The van der Waals surface area contributed by atoms with Crippen LogP contribution in [0, 0.1) is 0 Å². The molecule has 0 spiro atoms. The number of carbonyl (C=O) groups is 2. The second-order valence-corrected chi connectivity index (χ2v) is 4.58. The SMILES string of the molecule is CCCCCCOC(=O)/C(=C/C=C(\C)C(=O)OC)CC. The Morgan fingerprint density at radius 2 is 1.70 bits per heavy atom. The largest absolute Gasteiger partial charge is 0.466 e. The zero-order valence-electron chi connectivity index (χ0n) is 13.0. The van der Waals surface area contributed by atoms with Gasteiger partial charge in [0.2, 0.25) is 0 Å². The monoisotopic (exact) mass is 282 g/mol. The van der Waals surface area contributed by atoms with Gasteiger partial charge < -0.3 is 9.47 Å². The fourth-order valence-electron chi connectivity index (χ4n) is 1.57. The van der Waals surface area contributed by atoms with Gasteiger partial charge in [0.05, 0.1) is 13.7 Å². The van der Waals surface area contributed by atoms with E-state index in [1.807, 2.05) is 6.92 Å². The first-order valence-corrected chi connectivity index (χ1v) is 7.19. The summed E-state index contributed by atoms with van der Waals surface area (Å²) in [5.41, 5.74) is 1.01. The lowest BCUT2D eigenvalue weighted by Crippen LogP contribution is -2.09. The van der Waals surface area contributed by atoms with Gasteiger partial charge in [-0.3, -0.25) is 0 Å². The first kappa shape index (κ1) is 18.4. The number of hydrogen-bond donors (Lipinski definition) is 0. The van der Waals surface area contributed by atoms with Gasteiger partial charge in [0.15, 0.2) is 0 Å². The van der Waals surface area contributed by atoms with E-state index in [9.17, 15) is 9.59 Å². The van der Waals surface area contributed by atoms with Crippen LogP contribution in [0.4, 0.5) is 0 Å². The third-order valence-electron chi connectivity index (χ3n) is 2.92. The lowest BCUT2D eigenvalue weighted by Gasteiger charge is -2.06. The van der Waals surface area contributed by atoms with E-state index in [0.29, 0.717) is 24.2 Å². The summed E-state index contributed by atoms with van der Waals surface area (Å²) in [4.78, 5) is 23.0. The van der Waals surface area contributed by atoms with E-state index in [4.69, 9.17) is 4.74 Å². The van der Waals surface area contributed by atoms with Crippen molar-refractivity contribution in [3.8, 4) is 0 Å². The summed E-state index contributed by atoms with van der Waals surface area (Å²) in [6, 6.07) is 0. The van der Waals surface area contributed by atoms with Crippen molar-refractivity contribution >= 4 is 11.9 Å². The molecule has 20 heavy (non-hydrogen) atoms. The number of hydrogen-bond acceptors (Lipinski definition) is 4. The molecule has 0 saturated carbocycles. The summed E-state index contributed by atoms with van der Waals surface area (Å²) in [5.74, 6) is -0.706. The minimum atomic E-state index is -0.398. The van der Waals surface area contributed by atoms with E-state index in [2.05, 4.69) is 11.7 Å². The smallest absolute Gasteiger partial charge is 0.333 e. The molecule has 0 bridgehead atoms. The average Bonchev–Trinajstić information content (AvgIpc) is 2.46. The highest BCUT2D eigenvalue weighted by Crippen LogP contribution is 2.07. The Balaban J connectivity index is 4.36. The van der Waals surface area contributed by atoms with Crippen LogP contribution in [-0.4, -0.2) is 25.7 Å². The van der Waals surface area contributed by atoms with Crippen molar-refractivity contribution < 1.29 is 19.1 Å². The van der Waals surface area contributed by atoms with Crippen molar-refractivity contribution in [1.82, 2.24) is 0 Å². The minimum Gasteiger partial charge on any atom is -0.466 e. The van der Waals surface area contributed by atoms with E-state index in [1.54, 1.807) is 19.1 Å². The summed E-state index contributed by atoms with van der Waals surface area (Å²) >= 11 is 0. The van der Waals surface area contributed by atoms with Gasteiger partial charge in [-0.15, -0.1) is 0 Å². The van der Waals surface area contributed by atoms with Gasteiger partial charge in [0.1, 0.15) is 0 Å². The van der Waals surface area contributed by atoms with Crippen molar-refractivity contribution in [3.63, 3.8) is 0 Å². The molecule has 0 aliphatic rings. The number of methoxy groups -OCH3 is 1. The van der Waals surface area contributed by atoms with Crippen LogP contribution in [0.1, 0.15) is 52.9 Å². The van der Waals surface area contributed by atoms with Crippen molar-refractivity contribution in [2.45, 2.75) is 52.9 Å². The molecule has 4 heteroatoms. The quantitative estimate of drug-likeness (QED) is 0.281. The maximum Gasteiger partial charge on any atom is 0.333 e. The van der Waals surface area contributed by atoms with Crippen LogP contribution in [0.25, 0.3) is 0 Å². The van der Waals surface area contributed by atoms with Crippen LogP contribution in [-0.2, 0) is 19.1 Å². The maximum atomic E-state index is 11.8. The molecule has 4 nitrogen and oxygen atoms in total. The number of esters is 2. The van der Waals surface area contributed by atoms with Gasteiger partial charge in [-0.2, -0.15) is 0 Å². The zero-order chi connectivity index (χ0) is 15.4. The molecule has 0 aliphatic heterocycles. The summed E-state index contributed by atoms with van der Waals surface area (Å²) in [6.45, 7) is 6.12. The minimum absolute atomic E-state index is 0.307. The van der Waals surface area contributed by atoms with Crippen LogP contribution in [0.3, 0.4) is 0 Å². The van der Waals surface area contributed by atoms with Crippen molar-refractivity contribution in [2.24, 2.45) is 0 Å². The first-order chi connectivity index (χ1) is 9.56. The number of allylic oxidation sites excluding steroid dienone is 2. The normalized spacial score (nSPS) is 12.2. The second kappa shape index (κ2) is 11.3. The van der Waals surface area contributed by atoms with Crippen LogP contribution < -0.4 is 0 Å². The Labute approximate surface area is 121 Å². The number of carbonyl (C=O) groups excluding carboxylic acids is 2. The summed E-state index contributed by atoms with van der Waals surface area (Å²) < 4.78 is 9.80. The third kappa shape index (κ3) is 7.77. The summed E-state index contributed by atoms with van der Waals surface area (Å²) in [5, 5.41) is 0. The highest BCUT2D eigenvalue weighted by atomic mass is 16.5. The molecule has 0 aromatic carbocycles. The predicted molar refractivity (Wildman–Crippen MR) is 79.2 cm³/mol. The first-order valence-electron chi connectivity index (χ1n) is 7.19. The fourth-order valence-corrected chi connectivity index (χ4v) is 1.57. The van der Waals surface area contributed by atoms with Crippen molar-refractivity contribution in [2.75, 3.05) is 13.7 Å². The molecule has 0 radical (unpaired) electrons. The van der Waals surface area contributed by atoms with Crippen LogP contribution >= 0.6 is 0 Å². The molecule has 0 saturated heterocycles. The lowest BCUT2D eigenvalue weighted by atomic mass is 10.1. The van der Waals surface area contributed by atoms with E-state index >= 15 is 0 Å². The van der Waals surface area contributed by atoms with Crippen molar-refractivity contribution in [1.29, 1.82) is 0 Å². The van der Waals surface area contributed by atoms with Gasteiger partial charge in [0, 0.05) is 11.1 Å². The van der Waals surface area contributed by atoms with E-state index in [0.717, 1.165) is 25.7 Å². The lowest BCUT2D eigenvalue weighted by molar-refractivity contribution is -0.139. The molecule has 0 amide bonds. The maximum absolute atomic E-state index is 11.8. The number of ether oxygens (including phenoxy) is 2. The summed E-state index contributed by atoms with van der Waals surface area (Å²) in [7, 11) is 1.33. The average molecular weight is 282 g/mol. The molecule has 0 fully saturated rings. The van der Waals surface area contributed by atoms with E-state index in [-0.39, 0.29) is 5.97 Å². The molecule has 0 heterocycles. The van der Waals surface area contributed by atoms with E-state index < -0.39 is 5.97 Å². The van der Waals surface area contributed by atoms with Gasteiger partial charge in [0.25, 0.3) is 0 Å². The molecule has 0 aromatic heterocycles. The molecule has 0 N–H and O–H groups in total. The Morgan fingerprint density at radius 3 is 2.25 bits per heavy atom. The second-order valence-electron chi connectivity index (χ2n) is 4.58. The van der Waals surface area contributed by atoms with Crippen LogP contribution in [0.2, 0.25) is 0 Å². The molecule has 0 aliphatic carbocycles. The highest BCUT2D eigenvalue weighted by molar-refractivity contribution is 5.90. The molecular formula is C16H26O4. The molecular weight excluding hydrogens is 256 g/mol. The Hall–Kier alpha value is -1.58. The van der Waals surface area contributed by atoms with Crippen LogP contribution in [0.15, 0.2) is 23.3 Å². The fraction of sp³-hybridized carbons (Fsp3) is 0.625. The van der Waals surface area contributed by atoms with Gasteiger partial charge in [-0.05, 0) is 19.8 Å². The molecule has 0 aromatic rings. The zero-order valence-corrected chi connectivity index (χ0v) is 13.0. The molecule has 0 rings (SSSR count).